The lowest BCUT2D eigenvalue weighted by atomic mass is 9.98. The Kier molecular flexibility index (Phi) is 9.02. The van der Waals surface area contributed by atoms with Crippen molar-refractivity contribution in [2.24, 2.45) is 11.8 Å². The number of halogens is 3. The van der Waals surface area contributed by atoms with E-state index in [0.29, 0.717) is 36.0 Å². The van der Waals surface area contributed by atoms with Gasteiger partial charge < -0.3 is 15.0 Å². The summed E-state index contributed by atoms with van der Waals surface area (Å²) in [6.45, 7) is 3.57. The third-order valence-corrected chi connectivity index (χ3v) is 7.68. The molecular weight excluding hydrogens is 586 g/mol. The standard InChI is InChI=1S/C29H31BrF2N4O4/c1-16-5-6-19(27(38)33-14-21(18-7-8-18)12-25(37)35(3)4)11-24(16)36-17(2)34-28(26(30)29(36)39)40-15-20-9-10-22(31)13-23(20)32/h5-6,9-11,13,18,21H,7-8,12,14-15H2,1-4H3,(H,33,38). The Bertz CT molecular complexity index is 1500. The van der Waals surface area contributed by atoms with Crippen LogP contribution in [0.3, 0.4) is 0 Å². The minimum Gasteiger partial charge on any atom is -0.472 e. The van der Waals surface area contributed by atoms with Crippen LogP contribution in [-0.2, 0) is 11.4 Å². The summed E-state index contributed by atoms with van der Waals surface area (Å²) in [5, 5.41) is 2.96. The summed E-state index contributed by atoms with van der Waals surface area (Å²) in [6.07, 6.45) is 2.49. The van der Waals surface area contributed by atoms with Gasteiger partial charge in [-0.2, -0.15) is 4.98 Å². The van der Waals surface area contributed by atoms with E-state index in [1.807, 2.05) is 6.92 Å². The van der Waals surface area contributed by atoms with Crippen molar-refractivity contribution >= 4 is 27.7 Å². The van der Waals surface area contributed by atoms with Crippen molar-refractivity contribution in [1.29, 1.82) is 0 Å². The van der Waals surface area contributed by atoms with Crippen molar-refractivity contribution < 1.29 is 23.1 Å². The van der Waals surface area contributed by atoms with Crippen LogP contribution in [0.5, 0.6) is 5.88 Å². The van der Waals surface area contributed by atoms with Crippen LogP contribution in [0.1, 0.15) is 46.6 Å². The summed E-state index contributed by atoms with van der Waals surface area (Å²) in [5.74, 6) is -0.971. The molecule has 1 heterocycles. The Labute approximate surface area is 239 Å². The number of rotatable bonds is 10. The number of hydrogen-bond donors (Lipinski definition) is 1. The van der Waals surface area contributed by atoms with Gasteiger partial charge >= 0.3 is 0 Å². The summed E-state index contributed by atoms with van der Waals surface area (Å²) in [4.78, 5) is 44.6. The minimum absolute atomic E-state index is 0.0210. The molecule has 3 aromatic rings. The third-order valence-electron chi connectivity index (χ3n) is 7.01. The number of hydrogen-bond acceptors (Lipinski definition) is 5. The number of amides is 2. The maximum atomic E-state index is 14.0. The smallest absolute Gasteiger partial charge is 0.276 e. The van der Waals surface area contributed by atoms with E-state index < -0.39 is 17.2 Å². The second-order valence-corrected chi connectivity index (χ2v) is 11.0. The lowest BCUT2D eigenvalue weighted by molar-refractivity contribution is -0.129. The first kappa shape index (κ1) is 29.4. The molecule has 40 heavy (non-hydrogen) atoms. The second kappa shape index (κ2) is 12.3. The monoisotopic (exact) mass is 616 g/mol. The molecule has 0 spiro atoms. The number of aryl methyl sites for hydroxylation is 2. The molecule has 1 fully saturated rings. The maximum absolute atomic E-state index is 14.0. The van der Waals surface area contributed by atoms with Gasteiger partial charge in [-0.15, -0.1) is 0 Å². The fourth-order valence-electron chi connectivity index (χ4n) is 4.44. The maximum Gasteiger partial charge on any atom is 0.276 e. The van der Waals surface area contributed by atoms with Gasteiger partial charge in [0.1, 0.15) is 28.5 Å². The van der Waals surface area contributed by atoms with E-state index in [0.717, 1.165) is 30.5 Å². The molecule has 0 saturated heterocycles. The summed E-state index contributed by atoms with van der Waals surface area (Å²) < 4.78 is 34.2. The van der Waals surface area contributed by atoms with Crippen molar-refractivity contribution in [3.8, 4) is 11.6 Å². The number of aromatic nitrogens is 2. The van der Waals surface area contributed by atoms with Crippen LogP contribution in [0.4, 0.5) is 8.78 Å². The van der Waals surface area contributed by atoms with Gasteiger partial charge in [0.15, 0.2) is 0 Å². The van der Waals surface area contributed by atoms with Crippen LogP contribution in [-0.4, -0.2) is 46.9 Å². The van der Waals surface area contributed by atoms with Gasteiger partial charge in [-0.3, -0.25) is 19.0 Å². The van der Waals surface area contributed by atoms with Crippen LogP contribution in [0.25, 0.3) is 5.69 Å². The van der Waals surface area contributed by atoms with E-state index in [9.17, 15) is 23.2 Å². The lowest BCUT2D eigenvalue weighted by Crippen LogP contribution is -2.34. The second-order valence-electron chi connectivity index (χ2n) is 10.2. The molecule has 0 bridgehead atoms. The molecule has 0 aliphatic heterocycles. The third kappa shape index (κ3) is 6.75. The minimum atomic E-state index is -0.764. The molecule has 1 aromatic heterocycles. The van der Waals surface area contributed by atoms with Gasteiger partial charge in [0.05, 0.1) is 5.69 Å². The fourth-order valence-corrected chi connectivity index (χ4v) is 4.82. The molecule has 0 radical (unpaired) electrons. The number of ether oxygens (including phenoxy) is 1. The zero-order valence-electron chi connectivity index (χ0n) is 22.8. The fraction of sp³-hybridized carbons (Fsp3) is 0.379. The molecule has 2 amide bonds. The molecule has 1 atom stereocenters. The molecule has 11 heteroatoms. The van der Waals surface area contributed by atoms with Gasteiger partial charge in [-0.25, -0.2) is 8.78 Å². The molecule has 212 valence electrons. The highest BCUT2D eigenvalue weighted by Crippen LogP contribution is 2.38. The summed E-state index contributed by atoms with van der Waals surface area (Å²) in [6, 6.07) is 8.20. The summed E-state index contributed by atoms with van der Waals surface area (Å²) >= 11 is 3.24. The predicted octanol–water partition coefficient (Wildman–Crippen LogP) is 4.70. The average molecular weight is 617 g/mol. The van der Waals surface area contributed by atoms with Crippen molar-refractivity contribution in [3.63, 3.8) is 0 Å². The Balaban J connectivity index is 1.53. The first-order valence-electron chi connectivity index (χ1n) is 12.9. The largest absolute Gasteiger partial charge is 0.472 e. The predicted molar refractivity (Wildman–Crippen MR) is 150 cm³/mol. The van der Waals surface area contributed by atoms with Crippen LogP contribution in [0.15, 0.2) is 45.7 Å². The van der Waals surface area contributed by atoms with Gasteiger partial charge in [0.2, 0.25) is 11.8 Å². The Morgan fingerprint density at radius 1 is 1.18 bits per heavy atom. The van der Waals surface area contributed by atoms with E-state index in [4.69, 9.17) is 4.74 Å². The molecule has 8 nitrogen and oxygen atoms in total. The molecule has 1 saturated carbocycles. The van der Waals surface area contributed by atoms with Gasteiger partial charge in [-0.1, -0.05) is 6.07 Å². The Hall–Kier alpha value is -3.60. The lowest BCUT2D eigenvalue weighted by Gasteiger charge is -2.19. The Morgan fingerprint density at radius 3 is 2.55 bits per heavy atom. The first-order chi connectivity index (χ1) is 19.0. The number of nitrogens with zero attached hydrogens (tertiary/aromatic N) is 3. The van der Waals surface area contributed by atoms with E-state index >= 15 is 0 Å². The Morgan fingerprint density at radius 2 is 1.90 bits per heavy atom. The van der Waals surface area contributed by atoms with Crippen molar-refractivity contribution in [2.45, 2.75) is 39.7 Å². The highest BCUT2D eigenvalue weighted by Gasteiger charge is 2.33. The number of carbonyl (C=O) groups excluding carboxylic acids is 2. The number of benzene rings is 2. The topological polar surface area (TPSA) is 93.5 Å². The summed E-state index contributed by atoms with van der Waals surface area (Å²) in [7, 11) is 3.44. The molecule has 2 aromatic carbocycles. The van der Waals surface area contributed by atoms with Crippen molar-refractivity contribution in [2.75, 3.05) is 20.6 Å². The molecule has 1 N–H and O–H groups in total. The molecule has 4 rings (SSSR count). The SMILES string of the molecule is Cc1ccc(C(=O)NCC(CC(=O)N(C)C)C2CC2)cc1-n1c(C)nc(OCc2ccc(F)cc2F)c(Br)c1=O. The van der Waals surface area contributed by atoms with Crippen LogP contribution in [0.2, 0.25) is 0 Å². The zero-order valence-corrected chi connectivity index (χ0v) is 24.3. The van der Waals surface area contributed by atoms with E-state index in [1.165, 1.54) is 10.6 Å². The van der Waals surface area contributed by atoms with Gasteiger partial charge in [0.25, 0.3) is 11.5 Å². The molecule has 1 aliphatic carbocycles. The van der Waals surface area contributed by atoms with Crippen molar-refractivity contribution in [1.82, 2.24) is 19.8 Å². The summed E-state index contributed by atoms with van der Waals surface area (Å²) in [5.41, 5.74) is 1.22. The first-order valence-corrected chi connectivity index (χ1v) is 13.7. The van der Waals surface area contributed by atoms with Crippen LogP contribution in [0, 0.1) is 37.3 Å². The van der Waals surface area contributed by atoms with Crippen LogP contribution < -0.4 is 15.6 Å². The quantitative estimate of drug-likeness (QED) is 0.356. The number of carbonyl (C=O) groups is 2. The van der Waals surface area contributed by atoms with Crippen molar-refractivity contribution in [3.05, 3.63) is 85.4 Å². The molecule has 1 unspecified atom stereocenters. The number of nitrogens with one attached hydrogen (secondary N) is 1. The highest BCUT2D eigenvalue weighted by molar-refractivity contribution is 9.10. The average Bonchev–Trinajstić information content (AvgIpc) is 3.75. The van der Waals surface area contributed by atoms with E-state index in [2.05, 4.69) is 26.2 Å². The van der Waals surface area contributed by atoms with E-state index in [-0.39, 0.29) is 40.3 Å². The molecule has 1 aliphatic rings. The van der Waals surface area contributed by atoms with Crippen LogP contribution >= 0.6 is 15.9 Å². The zero-order chi connectivity index (χ0) is 29.1. The van der Waals surface area contributed by atoms with Gasteiger partial charge in [-0.05, 0) is 84.3 Å². The van der Waals surface area contributed by atoms with E-state index in [1.54, 1.807) is 44.1 Å². The normalized spacial score (nSPS) is 13.6. The highest BCUT2D eigenvalue weighted by atomic mass is 79.9. The molecular formula is C29H31BrF2N4O4. The van der Waals surface area contributed by atoms with Gasteiger partial charge in [0, 0.05) is 44.3 Å².